The van der Waals surface area contributed by atoms with Crippen molar-refractivity contribution in [2.24, 2.45) is 0 Å². The number of nitriles is 1. The Labute approximate surface area is 173 Å². The largest absolute Gasteiger partial charge is 0.307 e. The van der Waals surface area contributed by atoms with E-state index < -0.39 is 4.92 Å². The fraction of sp³-hybridized carbons (Fsp3) is 0.0500. The van der Waals surface area contributed by atoms with Crippen LogP contribution >= 0.6 is 11.6 Å². The Morgan fingerprint density at radius 1 is 1.30 bits per heavy atom. The van der Waals surface area contributed by atoms with E-state index in [1.807, 2.05) is 0 Å². The van der Waals surface area contributed by atoms with Crippen LogP contribution in [0.3, 0.4) is 0 Å². The van der Waals surface area contributed by atoms with E-state index in [9.17, 15) is 20.2 Å². The van der Waals surface area contributed by atoms with Gasteiger partial charge in [0.15, 0.2) is 5.65 Å². The van der Waals surface area contributed by atoms with Crippen LogP contribution < -0.4 is 21.6 Å². The van der Waals surface area contributed by atoms with Gasteiger partial charge in [-0.15, -0.1) is 0 Å². The van der Waals surface area contributed by atoms with Gasteiger partial charge in [0.1, 0.15) is 11.8 Å². The number of hydrogen-bond donors (Lipinski definition) is 2. The summed E-state index contributed by atoms with van der Waals surface area (Å²) in [6, 6.07) is 13.3. The molecule has 2 aromatic heterocycles. The Morgan fingerprint density at radius 2 is 2.07 bits per heavy atom. The number of imidazole rings is 1. The predicted octanol–water partition coefficient (Wildman–Crippen LogP) is 2.66. The summed E-state index contributed by atoms with van der Waals surface area (Å²) in [5, 5.41) is 21.4. The summed E-state index contributed by atoms with van der Waals surface area (Å²) < 4.78 is 1.39. The lowest BCUT2D eigenvalue weighted by atomic mass is 10.1. The standard InChI is InChI=1S/C20H13ClN6O3/c1-11-13(9-22)19-24-15-4-2-3-5-17(15)26(19)20(28)14(11)10-23-25-16-8-12(21)6-7-18(16)27(29)30/h2-8,10,23,25H,1H3/b14-10-. The number of aromatic nitrogens is 2. The number of benzene rings is 2. The summed E-state index contributed by atoms with van der Waals surface area (Å²) in [5.41, 5.74) is 7.13. The van der Waals surface area contributed by atoms with Crippen molar-refractivity contribution in [1.29, 1.82) is 5.26 Å². The molecule has 0 saturated carbocycles. The molecule has 0 aliphatic carbocycles. The molecule has 0 aliphatic rings. The highest BCUT2D eigenvalue weighted by molar-refractivity contribution is 6.31. The van der Waals surface area contributed by atoms with Crippen molar-refractivity contribution in [1.82, 2.24) is 14.8 Å². The Hall–Kier alpha value is -4.16. The molecule has 4 aromatic rings. The first-order chi connectivity index (χ1) is 14.4. The van der Waals surface area contributed by atoms with Gasteiger partial charge in [0, 0.05) is 17.3 Å². The van der Waals surface area contributed by atoms with Gasteiger partial charge in [-0.1, -0.05) is 23.7 Å². The quantitative estimate of drug-likeness (QED) is 0.384. The number of pyridine rings is 1. The number of nitrogens with one attached hydrogen (secondary N) is 2. The van der Waals surface area contributed by atoms with Crippen LogP contribution in [0, 0.1) is 28.4 Å². The van der Waals surface area contributed by atoms with Gasteiger partial charge >= 0.3 is 0 Å². The molecule has 0 spiro atoms. The van der Waals surface area contributed by atoms with Crippen molar-refractivity contribution in [2.75, 3.05) is 5.43 Å². The Balaban J connectivity index is 1.86. The van der Waals surface area contributed by atoms with E-state index in [4.69, 9.17) is 11.6 Å². The lowest BCUT2D eigenvalue weighted by Gasteiger charge is -2.08. The number of nitrogens with zero attached hydrogens (tertiary/aromatic N) is 4. The van der Waals surface area contributed by atoms with Gasteiger partial charge in [-0.3, -0.25) is 24.7 Å². The number of nitro groups is 1. The highest BCUT2D eigenvalue weighted by Crippen LogP contribution is 2.26. The summed E-state index contributed by atoms with van der Waals surface area (Å²) in [6.45, 7) is 1.65. The zero-order valence-electron chi connectivity index (χ0n) is 15.5. The third-order valence-electron chi connectivity index (χ3n) is 4.69. The summed E-state index contributed by atoms with van der Waals surface area (Å²) in [7, 11) is 0. The maximum Gasteiger partial charge on any atom is 0.294 e. The number of fused-ring (bicyclic) bond motifs is 3. The van der Waals surface area contributed by atoms with Crippen LogP contribution in [-0.2, 0) is 0 Å². The molecule has 2 heterocycles. The van der Waals surface area contributed by atoms with Crippen LogP contribution in [-0.4, -0.2) is 14.3 Å². The van der Waals surface area contributed by atoms with Crippen LogP contribution in [0.15, 0.2) is 47.3 Å². The molecule has 2 aromatic carbocycles. The van der Waals surface area contributed by atoms with Crippen molar-refractivity contribution in [3.63, 3.8) is 0 Å². The first-order valence-electron chi connectivity index (χ1n) is 8.72. The van der Waals surface area contributed by atoms with Gasteiger partial charge in [-0.2, -0.15) is 5.26 Å². The van der Waals surface area contributed by atoms with E-state index in [-0.39, 0.29) is 33.4 Å². The fourth-order valence-electron chi connectivity index (χ4n) is 3.24. The van der Waals surface area contributed by atoms with E-state index in [0.29, 0.717) is 21.6 Å². The van der Waals surface area contributed by atoms with E-state index in [1.165, 1.54) is 28.8 Å². The first kappa shape index (κ1) is 19.2. The number of para-hydroxylation sites is 2. The van der Waals surface area contributed by atoms with Gasteiger partial charge in [0.25, 0.3) is 11.2 Å². The number of halogens is 1. The number of hydrazine groups is 1. The average Bonchev–Trinajstić information content (AvgIpc) is 3.10. The van der Waals surface area contributed by atoms with Gasteiger partial charge < -0.3 is 5.43 Å². The molecule has 0 bridgehead atoms. The molecule has 0 atom stereocenters. The molecule has 0 amide bonds. The Bertz CT molecular complexity index is 1490. The lowest BCUT2D eigenvalue weighted by Crippen LogP contribution is -2.36. The van der Waals surface area contributed by atoms with Crippen LogP contribution in [0.5, 0.6) is 0 Å². The van der Waals surface area contributed by atoms with Crippen LogP contribution in [0.2, 0.25) is 5.02 Å². The molecule has 30 heavy (non-hydrogen) atoms. The lowest BCUT2D eigenvalue weighted by molar-refractivity contribution is -0.384. The summed E-state index contributed by atoms with van der Waals surface area (Å²) in [4.78, 5) is 28.2. The SMILES string of the molecule is Cc1c(C#N)c2nc3ccccc3n2c(=O)/c1=C\NNc1cc(Cl)ccc1[N+](=O)[O-]. The topological polar surface area (TPSA) is 125 Å². The van der Waals surface area contributed by atoms with Gasteiger partial charge in [0.05, 0.1) is 26.7 Å². The van der Waals surface area contributed by atoms with Crippen molar-refractivity contribution in [2.45, 2.75) is 6.92 Å². The van der Waals surface area contributed by atoms with Crippen molar-refractivity contribution >= 4 is 45.9 Å². The molecule has 0 aliphatic heterocycles. The van der Waals surface area contributed by atoms with Crippen molar-refractivity contribution < 1.29 is 4.92 Å². The van der Waals surface area contributed by atoms with E-state index in [2.05, 4.69) is 21.9 Å². The smallest absolute Gasteiger partial charge is 0.294 e. The second-order valence-corrected chi connectivity index (χ2v) is 6.86. The number of anilines is 1. The van der Waals surface area contributed by atoms with Gasteiger partial charge in [-0.05, 0) is 36.8 Å². The summed E-state index contributed by atoms with van der Waals surface area (Å²) >= 11 is 5.92. The maximum absolute atomic E-state index is 13.1. The minimum atomic E-state index is -0.553. The van der Waals surface area contributed by atoms with E-state index in [1.54, 1.807) is 31.2 Å². The zero-order valence-corrected chi connectivity index (χ0v) is 16.3. The first-order valence-corrected chi connectivity index (χ1v) is 9.09. The van der Waals surface area contributed by atoms with Crippen LogP contribution in [0.1, 0.15) is 11.1 Å². The minimum absolute atomic E-state index is 0.128. The minimum Gasteiger partial charge on any atom is -0.307 e. The van der Waals surface area contributed by atoms with E-state index >= 15 is 0 Å². The molecule has 0 fully saturated rings. The third-order valence-corrected chi connectivity index (χ3v) is 4.92. The number of rotatable bonds is 4. The van der Waals surface area contributed by atoms with Crippen molar-refractivity contribution in [3.05, 3.63) is 84.3 Å². The summed E-state index contributed by atoms with van der Waals surface area (Å²) in [5.74, 6) is 0. The fourth-order valence-corrected chi connectivity index (χ4v) is 3.41. The van der Waals surface area contributed by atoms with E-state index in [0.717, 1.165) is 0 Å². The molecule has 9 nitrogen and oxygen atoms in total. The molecular formula is C20H13ClN6O3. The third kappa shape index (κ3) is 3.05. The Morgan fingerprint density at radius 3 is 2.80 bits per heavy atom. The number of nitro benzene ring substituents is 1. The van der Waals surface area contributed by atoms with Crippen LogP contribution in [0.25, 0.3) is 22.9 Å². The molecule has 4 rings (SSSR count). The van der Waals surface area contributed by atoms with Crippen molar-refractivity contribution in [3.8, 4) is 6.07 Å². The number of hydrogen-bond acceptors (Lipinski definition) is 7. The molecule has 10 heteroatoms. The molecular weight excluding hydrogens is 408 g/mol. The van der Waals surface area contributed by atoms with Gasteiger partial charge in [-0.25, -0.2) is 4.98 Å². The average molecular weight is 421 g/mol. The predicted molar refractivity (Wildman–Crippen MR) is 113 cm³/mol. The molecule has 0 radical (unpaired) electrons. The highest BCUT2D eigenvalue weighted by atomic mass is 35.5. The second kappa shape index (κ2) is 7.35. The van der Waals surface area contributed by atoms with Gasteiger partial charge in [0.2, 0.25) is 0 Å². The Kier molecular flexibility index (Phi) is 4.69. The normalized spacial score (nSPS) is 11.6. The van der Waals surface area contributed by atoms with Crippen LogP contribution in [0.4, 0.5) is 11.4 Å². The highest BCUT2D eigenvalue weighted by Gasteiger charge is 2.16. The summed E-state index contributed by atoms with van der Waals surface area (Å²) in [6.07, 6.45) is 1.36. The second-order valence-electron chi connectivity index (χ2n) is 6.42. The monoisotopic (exact) mass is 420 g/mol. The molecule has 148 valence electrons. The maximum atomic E-state index is 13.1. The molecule has 2 N–H and O–H groups in total. The zero-order chi connectivity index (χ0) is 21.4. The molecule has 0 unspecified atom stereocenters. The molecule has 0 saturated heterocycles.